The van der Waals surface area contributed by atoms with Crippen LogP contribution in [0, 0.1) is 5.82 Å². The summed E-state index contributed by atoms with van der Waals surface area (Å²) in [6.45, 7) is 0. The van der Waals surface area contributed by atoms with Crippen molar-refractivity contribution in [3.05, 3.63) is 28.0 Å². The van der Waals surface area contributed by atoms with E-state index >= 15 is 0 Å². The second kappa shape index (κ2) is 3.67. The summed E-state index contributed by atoms with van der Waals surface area (Å²) < 4.78 is 18.2. The molecule has 0 unspecified atom stereocenters. The Morgan fingerprint density at radius 3 is 2.67 bits per heavy atom. The highest BCUT2D eigenvalue weighted by Gasteiger charge is 2.08. The highest BCUT2D eigenvalue weighted by atomic mass is 79.9. The highest BCUT2D eigenvalue weighted by molar-refractivity contribution is 9.10. The minimum Gasteiger partial charge on any atom is -0.492 e. The fourth-order valence-electron chi connectivity index (χ4n) is 0.843. The van der Waals surface area contributed by atoms with Crippen molar-refractivity contribution in [3.8, 4) is 5.75 Å². The van der Waals surface area contributed by atoms with Gasteiger partial charge in [0.15, 0.2) is 11.6 Å². The summed E-state index contributed by atoms with van der Waals surface area (Å²) in [5.74, 6) is -0.436. The first-order chi connectivity index (χ1) is 5.69. The third kappa shape index (κ3) is 1.64. The van der Waals surface area contributed by atoms with Crippen molar-refractivity contribution in [2.75, 3.05) is 7.11 Å². The average Bonchev–Trinajstić information content (AvgIpc) is 2.03. The summed E-state index contributed by atoms with van der Waals surface area (Å²) in [4.78, 5) is 10.3. The molecule has 0 bridgehead atoms. The molecule has 4 heteroatoms. The van der Waals surface area contributed by atoms with E-state index in [0.29, 0.717) is 10.8 Å². The van der Waals surface area contributed by atoms with Crippen LogP contribution in [0.2, 0.25) is 0 Å². The van der Waals surface area contributed by atoms with Gasteiger partial charge in [-0.3, -0.25) is 4.79 Å². The number of hydrogen-bond acceptors (Lipinski definition) is 2. The number of halogens is 2. The minimum atomic E-state index is -0.547. The summed E-state index contributed by atoms with van der Waals surface area (Å²) in [6, 6.07) is 2.62. The number of benzene rings is 1. The maximum Gasteiger partial charge on any atom is 0.168 e. The highest BCUT2D eigenvalue weighted by Crippen LogP contribution is 2.28. The van der Waals surface area contributed by atoms with Crippen molar-refractivity contribution < 1.29 is 13.9 Å². The van der Waals surface area contributed by atoms with Gasteiger partial charge in [0.05, 0.1) is 11.6 Å². The van der Waals surface area contributed by atoms with E-state index in [1.807, 2.05) is 0 Å². The summed E-state index contributed by atoms with van der Waals surface area (Å²) in [7, 11) is 1.36. The van der Waals surface area contributed by atoms with Crippen molar-refractivity contribution >= 4 is 22.2 Å². The second-order valence-corrected chi connectivity index (χ2v) is 2.99. The SMILES string of the molecule is COc1c(F)cc(C=O)cc1Br. The third-order valence-corrected chi connectivity index (χ3v) is 1.95. The molecule has 64 valence electrons. The van der Waals surface area contributed by atoms with Crippen LogP contribution in [-0.2, 0) is 0 Å². The molecule has 0 fully saturated rings. The van der Waals surface area contributed by atoms with Gasteiger partial charge in [0.25, 0.3) is 0 Å². The smallest absolute Gasteiger partial charge is 0.168 e. The number of ether oxygens (including phenoxy) is 1. The molecular weight excluding hydrogens is 227 g/mol. The van der Waals surface area contributed by atoms with Crippen LogP contribution < -0.4 is 4.74 Å². The Kier molecular flexibility index (Phi) is 2.81. The number of carbonyl (C=O) groups excluding carboxylic acids is 1. The Morgan fingerprint density at radius 1 is 1.58 bits per heavy atom. The van der Waals surface area contributed by atoms with E-state index in [9.17, 15) is 9.18 Å². The van der Waals surface area contributed by atoms with Gasteiger partial charge < -0.3 is 4.74 Å². The van der Waals surface area contributed by atoms with Crippen molar-refractivity contribution in [2.45, 2.75) is 0 Å². The van der Waals surface area contributed by atoms with Gasteiger partial charge in [0.2, 0.25) is 0 Å². The molecule has 0 aliphatic rings. The fourth-order valence-corrected chi connectivity index (χ4v) is 1.46. The van der Waals surface area contributed by atoms with Crippen LogP contribution in [0.5, 0.6) is 5.75 Å². The zero-order chi connectivity index (χ0) is 9.14. The first-order valence-electron chi connectivity index (χ1n) is 3.17. The van der Waals surface area contributed by atoms with Crippen LogP contribution in [0.4, 0.5) is 4.39 Å². The maximum atomic E-state index is 13.0. The number of methoxy groups -OCH3 is 1. The van der Waals surface area contributed by atoms with Gasteiger partial charge in [-0.1, -0.05) is 0 Å². The molecule has 0 aromatic heterocycles. The average molecular weight is 233 g/mol. The Bertz CT molecular complexity index is 289. The lowest BCUT2D eigenvalue weighted by Crippen LogP contribution is -1.91. The zero-order valence-corrected chi connectivity index (χ0v) is 7.89. The second-order valence-electron chi connectivity index (χ2n) is 2.14. The predicted octanol–water partition coefficient (Wildman–Crippen LogP) is 2.41. The minimum absolute atomic E-state index is 0.112. The van der Waals surface area contributed by atoms with Gasteiger partial charge in [0, 0.05) is 5.56 Å². The molecular formula is C8H6BrFO2. The monoisotopic (exact) mass is 232 g/mol. The normalized spacial score (nSPS) is 9.58. The largest absolute Gasteiger partial charge is 0.492 e. The molecule has 0 N–H and O–H groups in total. The number of hydrogen-bond donors (Lipinski definition) is 0. The quantitative estimate of drug-likeness (QED) is 0.733. The van der Waals surface area contributed by atoms with Gasteiger partial charge in [-0.25, -0.2) is 4.39 Å². The first-order valence-corrected chi connectivity index (χ1v) is 3.96. The number of rotatable bonds is 2. The standard InChI is InChI=1S/C8H6BrFO2/c1-12-8-6(9)2-5(4-11)3-7(8)10/h2-4H,1H3. The number of aldehydes is 1. The fraction of sp³-hybridized carbons (Fsp3) is 0.125. The molecule has 0 heterocycles. The molecule has 0 aliphatic heterocycles. The first kappa shape index (κ1) is 9.19. The Balaban J connectivity index is 3.27. The predicted molar refractivity (Wildman–Crippen MR) is 46.0 cm³/mol. The molecule has 0 amide bonds. The Hall–Kier alpha value is -0.900. The summed E-state index contributed by atoms with van der Waals surface area (Å²) >= 11 is 3.08. The van der Waals surface area contributed by atoms with E-state index in [-0.39, 0.29) is 11.3 Å². The maximum absolute atomic E-state index is 13.0. The van der Waals surface area contributed by atoms with Crippen LogP contribution in [-0.4, -0.2) is 13.4 Å². The van der Waals surface area contributed by atoms with Gasteiger partial charge in [-0.15, -0.1) is 0 Å². The summed E-state index contributed by atoms with van der Waals surface area (Å²) in [5, 5.41) is 0. The van der Waals surface area contributed by atoms with E-state index in [2.05, 4.69) is 15.9 Å². The van der Waals surface area contributed by atoms with Crippen LogP contribution in [0.25, 0.3) is 0 Å². The molecule has 2 nitrogen and oxygen atoms in total. The van der Waals surface area contributed by atoms with E-state index < -0.39 is 5.82 Å². The lowest BCUT2D eigenvalue weighted by Gasteiger charge is -2.04. The van der Waals surface area contributed by atoms with Gasteiger partial charge in [0.1, 0.15) is 6.29 Å². The molecule has 1 rings (SSSR count). The molecule has 0 aliphatic carbocycles. The molecule has 0 spiro atoms. The number of carbonyl (C=O) groups is 1. The van der Waals surface area contributed by atoms with E-state index in [1.165, 1.54) is 13.2 Å². The van der Waals surface area contributed by atoms with E-state index in [1.54, 1.807) is 0 Å². The lowest BCUT2D eigenvalue weighted by molar-refractivity contribution is 0.112. The van der Waals surface area contributed by atoms with Crippen LogP contribution >= 0.6 is 15.9 Å². The van der Waals surface area contributed by atoms with Crippen LogP contribution in [0.15, 0.2) is 16.6 Å². The van der Waals surface area contributed by atoms with Crippen molar-refractivity contribution in [2.24, 2.45) is 0 Å². The van der Waals surface area contributed by atoms with Gasteiger partial charge in [-0.05, 0) is 28.1 Å². The molecule has 12 heavy (non-hydrogen) atoms. The van der Waals surface area contributed by atoms with Crippen LogP contribution in [0.3, 0.4) is 0 Å². The molecule has 1 aromatic carbocycles. The third-order valence-electron chi connectivity index (χ3n) is 1.36. The van der Waals surface area contributed by atoms with Crippen LogP contribution in [0.1, 0.15) is 10.4 Å². The van der Waals surface area contributed by atoms with Crippen molar-refractivity contribution in [3.63, 3.8) is 0 Å². The van der Waals surface area contributed by atoms with Gasteiger partial charge in [-0.2, -0.15) is 0 Å². The van der Waals surface area contributed by atoms with Gasteiger partial charge >= 0.3 is 0 Å². The Labute approximate surface area is 77.5 Å². The summed E-state index contributed by atoms with van der Waals surface area (Å²) in [6.07, 6.45) is 0.577. The Morgan fingerprint density at radius 2 is 2.25 bits per heavy atom. The molecule has 0 saturated heterocycles. The molecule has 0 radical (unpaired) electrons. The van der Waals surface area contributed by atoms with Crippen molar-refractivity contribution in [1.82, 2.24) is 0 Å². The molecule has 1 aromatic rings. The van der Waals surface area contributed by atoms with E-state index in [4.69, 9.17) is 4.74 Å². The zero-order valence-electron chi connectivity index (χ0n) is 6.30. The van der Waals surface area contributed by atoms with Crippen molar-refractivity contribution in [1.29, 1.82) is 0 Å². The summed E-state index contributed by atoms with van der Waals surface area (Å²) in [5.41, 5.74) is 0.278. The molecule has 0 saturated carbocycles. The van der Waals surface area contributed by atoms with E-state index in [0.717, 1.165) is 6.07 Å². The lowest BCUT2D eigenvalue weighted by atomic mass is 10.2. The molecule has 0 atom stereocenters. The topological polar surface area (TPSA) is 26.3 Å².